The van der Waals surface area contributed by atoms with Gasteiger partial charge in [-0.25, -0.2) is 4.39 Å². The van der Waals surface area contributed by atoms with Crippen LogP contribution in [0, 0.1) is 0 Å². The van der Waals surface area contributed by atoms with E-state index in [9.17, 15) is 74.6 Å². The second-order valence-electron chi connectivity index (χ2n) is 4.44. The van der Waals surface area contributed by atoms with Gasteiger partial charge in [-0.2, -0.15) is 70.2 Å². The monoisotopic (exact) mass is 454 g/mol. The summed E-state index contributed by atoms with van der Waals surface area (Å²) in [4.78, 5) is 0. The van der Waals surface area contributed by atoms with Crippen molar-refractivity contribution in [2.45, 2.75) is 47.1 Å². The Kier molecular flexibility index (Phi) is 5.60. The predicted molar refractivity (Wildman–Crippen MR) is 46.5 cm³/mol. The molecule has 0 nitrogen and oxygen atoms in total. The van der Waals surface area contributed by atoms with Gasteiger partial charge in [-0.3, -0.25) is 0 Å². The van der Waals surface area contributed by atoms with Crippen LogP contribution in [0.1, 0.15) is 0 Å². The van der Waals surface area contributed by atoms with Crippen molar-refractivity contribution >= 4 is 11.6 Å². The molecule has 0 N–H and O–H groups in total. The lowest BCUT2D eigenvalue weighted by molar-refractivity contribution is -0.450. The lowest BCUT2D eigenvalue weighted by atomic mass is 9.91. The fourth-order valence-corrected chi connectivity index (χ4v) is 1.26. The highest BCUT2D eigenvalue weighted by Crippen LogP contribution is 2.64. The fraction of sp³-hybridized carbons (Fsp3) is 1.00. The molecule has 0 radical (unpaired) electrons. The van der Waals surface area contributed by atoms with Gasteiger partial charge in [0.15, 0.2) is 0 Å². The van der Waals surface area contributed by atoms with Crippen LogP contribution < -0.4 is 0 Å². The normalized spacial score (nSPS) is 18.7. The Balaban J connectivity index is 6.61. The van der Waals surface area contributed by atoms with Gasteiger partial charge in [0.05, 0.1) is 0 Å². The summed E-state index contributed by atoms with van der Waals surface area (Å²) >= 11 is 3.34. The van der Waals surface area contributed by atoms with Crippen molar-refractivity contribution in [3.05, 3.63) is 0 Å². The summed E-state index contributed by atoms with van der Waals surface area (Å²) in [7, 11) is 0. The van der Waals surface area contributed by atoms with E-state index in [0.717, 1.165) is 0 Å². The van der Waals surface area contributed by atoms with Gasteiger partial charge in [0, 0.05) is 0 Å². The molecule has 0 bridgehead atoms. The van der Waals surface area contributed by atoms with Crippen LogP contribution in [-0.4, -0.2) is 47.1 Å². The fourth-order valence-electron chi connectivity index (χ4n) is 1.14. The quantitative estimate of drug-likeness (QED) is 0.343. The van der Waals surface area contributed by atoms with Crippen LogP contribution in [0.25, 0.3) is 0 Å². The van der Waals surface area contributed by atoms with Gasteiger partial charge in [-0.1, -0.05) is 11.6 Å². The van der Waals surface area contributed by atoms with E-state index in [1.54, 1.807) is 0 Å². The number of hydrogen-bond donors (Lipinski definition) is 0. The van der Waals surface area contributed by atoms with Gasteiger partial charge in [-0.15, -0.1) is 0 Å². The van der Waals surface area contributed by atoms with Gasteiger partial charge < -0.3 is 0 Å². The molecular formula is C8ClF17. The van der Waals surface area contributed by atoms with E-state index in [1.807, 2.05) is 0 Å². The zero-order valence-corrected chi connectivity index (χ0v) is 11.6. The molecule has 0 aliphatic heterocycles. The zero-order chi connectivity index (χ0) is 22.0. The van der Waals surface area contributed by atoms with Crippen molar-refractivity contribution in [2.24, 2.45) is 0 Å². The van der Waals surface area contributed by atoms with Crippen LogP contribution >= 0.6 is 11.6 Å². The second-order valence-corrected chi connectivity index (χ2v) is 4.96. The molecule has 0 heterocycles. The van der Waals surface area contributed by atoms with Crippen molar-refractivity contribution < 1.29 is 74.6 Å². The average Bonchev–Trinajstić information content (AvgIpc) is 2.34. The second kappa shape index (κ2) is 5.80. The third-order valence-corrected chi connectivity index (χ3v) is 3.14. The molecule has 0 aliphatic carbocycles. The Morgan fingerprint density at radius 3 is 0.769 bits per heavy atom. The van der Waals surface area contributed by atoms with Crippen LogP contribution in [0.4, 0.5) is 74.6 Å². The van der Waals surface area contributed by atoms with E-state index in [2.05, 4.69) is 11.6 Å². The van der Waals surface area contributed by atoms with E-state index in [0.29, 0.717) is 0 Å². The number of rotatable bonds is 5. The first-order valence-corrected chi connectivity index (χ1v) is 5.53. The molecule has 158 valence electrons. The molecule has 26 heavy (non-hydrogen) atoms. The summed E-state index contributed by atoms with van der Waals surface area (Å²) in [5, 5.41) is -7.25. The Bertz CT molecular complexity index is 474. The van der Waals surface area contributed by atoms with Crippen molar-refractivity contribution in [3.63, 3.8) is 0 Å². The first-order chi connectivity index (χ1) is 10.8. The number of hydrogen-bond acceptors (Lipinski definition) is 0. The van der Waals surface area contributed by atoms with E-state index >= 15 is 0 Å². The largest absolute Gasteiger partial charge is 0.460 e. The minimum absolute atomic E-state index is 3.34. The third-order valence-electron chi connectivity index (χ3n) is 2.68. The van der Waals surface area contributed by atoms with Gasteiger partial charge in [0.2, 0.25) is 0 Å². The standard InChI is InChI=1S/C8ClF17/c9-1(10,7(21,22)23)2(11,12)3(13,14)4(15,16)5(17,18)6(19,20)8(24,25)26. The number of alkyl halides is 18. The van der Waals surface area contributed by atoms with E-state index in [1.165, 1.54) is 0 Å². The van der Waals surface area contributed by atoms with Crippen LogP contribution in [0.3, 0.4) is 0 Å². The first-order valence-electron chi connectivity index (χ1n) is 5.15. The Morgan fingerprint density at radius 1 is 0.308 bits per heavy atom. The molecule has 0 saturated heterocycles. The molecular weight excluding hydrogens is 455 g/mol. The molecule has 1 atom stereocenters. The zero-order valence-electron chi connectivity index (χ0n) is 10.8. The van der Waals surface area contributed by atoms with E-state index < -0.39 is 47.1 Å². The lowest BCUT2D eigenvalue weighted by Gasteiger charge is -2.42. The topological polar surface area (TPSA) is 0 Å². The Labute approximate surface area is 134 Å². The van der Waals surface area contributed by atoms with Gasteiger partial charge >= 0.3 is 47.1 Å². The molecule has 0 aliphatic rings. The highest BCUT2D eigenvalue weighted by atomic mass is 35.5. The predicted octanol–water partition coefficient (Wildman–Crippen LogP) is 6.19. The van der Waals surface area contributed by atoms with Crippen LogP contribution in [0.15, 0.2) is 0 Å². The summed E-state index contributed by atoms with van der Waals surface area (Å²) in [6, 6.07) is 0. The maximum Gasteiger partial charge on any atom is 0.460 e. The summed E-state index contributed by atoms with van der Waals surface area (Å²) in [5.74, 6) is -41.8. The SMILES string of the molecule is FC(F)(F)C(F)(F)C(F)(F)C(F)(F)C(F)(F)C(F)(F)C(F)(Cl)C(F)(F)F. The Morgan fingerprint density at radius 2 is 0.538 bits per heavy atom. The molecule has 0 fully saturated rings. The minimum atomic E-state index is -8.57. The molecule has 0 aromatic rings. The van der Waals surface area contributed by atoms with E-state index in [-0.39, 0.29) is 0 Å². The summed E-state index contributed by atoms with van der Waals surface area (Å²) in [6.45, 7) is 0. The molecule has 1 unspecified atom stereocenters. The van der Waals surface area contributed by atoms with Crippen molar-refractivity contribution in [3.8, 4) is 0 Å². The number of halogens is 18. The van der Waals surface area contributed by atoms with E-state index in [4.69, 9.17) is 0 Å². The average molecular weight is 455 g/mol. The van der Waals surface area contributed by atoms with Crippen molar-refractivity contribution in [1.29, 1.82) is 0 Å². The van der Waals surface area contributed by atoms with Crippen molar-refractivity contribution in [2.75, 3.05) is 0 Å². The molecule has 0 saturated carbocycles. The molecule has 0 rings (SSSR count). The van der Waals surface area contributed by atoms with Crippen LogP contribution in [0.2, 0.25) is 0 Å². The van der Waals surface area contributed by atoms with Crippen molar-refractivity contribution in [1.82, 2.24) is 0 Å². The smallest absolute Gasteiger partial charge is 0.209 e. The van der Waals surface area contributed by atoms with Gasteiger partial charge in [0.25, 0.3) is 0 Å². The summed E-state index contributed by atoms with van der Waals surface area (Å²) in [6.07, 6.45) is -15.1. The third kappa shape index (κ3) is 2.93. The first kappa shape index (κ1) is 25.1. The van der Waals surface area contributed by atoms with Crippen LogP contribution in [0.5, 0.6) is 0 Å². The van der Waals surface area contributed by atoms with Gasteiger partial charge in [-0.05, 0) is 0 Å². The highest BCUT2D eigenvalue weighted by Gasteiger charge is 2.94. The molecule has 18 heteroatoms. The summed E-state index contributed by atoms with van der Waals surface area (Å²) in [5.41, 5.74) is 0. The minimum Gasteiger partial charge on any atom is -0.209 e. The highest BCUT2D eigenvalue weighted by molar-refractivity contribution is 6.24. The van der Waals surface area contributed by atoms with Gasteiger partial charge in [0.1, 0.15) is 0 Å². The maximum absolute atomic E-state index is 12.9. The molecule has 0 aromatic heterocycles. The van der Waals surface area contributed by atoms with Crippen LogP contribution in [-0.2, 0) is 0 Å². The molecule has 0 amide bonds. The molecule has 0 spiro atoms. The lowest BCUT2D eigenvalue weighted by Crippen LogP contribution is -2.73. The maximum atomic E-state index is 12.9. The Hall–Kier alpha value is -0.900. The summed E-state index contributed by atoms with van der Waals surface area (Å²) < 4.78 is 211. The molecule has 0 aromatic carbocycles.